The van der Waals surface area contributed by atoms with Gasteiger partial charge < -0.3 is 29.7 Å². The minimum atomic E-state index is 0. The van der Waals surface area contributed by atoms with Crippen LogP contribution in [0.1, 0.15) is 0 Å². The lowest BCUT2D eigenvalue weighted by Crippen LogP contribution is -3.00. The van der Waals surface area contributed by atoms with Gasteiger partial charge in [-0.25, -0.2) is 4.57 Å². The number of nitrogens with two attached hydrogens (primary N) is 1. The van der Waals surface area contributed by atoms with E-state index in [1.165, 1.54) is 10.8 Å². The molecule has 0 radical (unpaired) electrons. The number of aromatic nitrogens is 1. The molecule has 13 heavy (non-hydrogen) atoms. The Morgan fingerprint density at radius 3 is 2.69 bits per heavy atom. The highest BCUT2D eigenvalue weighted by molar-refractivity contribution is 5.83. The smallest absolute Gasteiger partial charge is 0.176 e. The van der Waals surface area contributed by atoms with E-state index < -0.39 is 0 Å². The number of rotatable bonds is 0. The van der Waals surface area contributed by atoms with Gasteiger partial charge >= 0.3 is 0 Å². The molecule has 0 amide bonds. The Bertz CT molecular complexity index is 389. The van der Waals surface area contributed by atoms with Crippen molar-refractivity contribution in [1.29, 1.82) is 0 Å². The van der Waals surface area contributed by atoms with Gasteiger partial charge in [-0.2, -0.15) is 0 Å². The first-order valence-electron chi connectivity index (χ1n) is 3.90. The van der Waals surface area contributed by atoms with Crippen LogP contribution in [-0.2, 0) is 7.05 Å². The average molecular weight is 286 g/mol. The van der Waals surface area contributed by atoms with Crippen LogP contribution in [0.5, 0.6) is 0 Å². The first-order chi connectivity index (χ1) is 5.75. The van der Waals surface area contributed by atoms with Gasteiger partial charge in [-0.3, -0.25) is 0 Å². The quantitative estimate of drug-likeness (QED) is 0.347. The number of hydrogen-bond acceptors (Lipinski definition) is 1. The minimum absolute atomic E-state index is 0. The molecule has 0 aliphatic heterocycles. The topological polar surface area (TPSA) is 29.9 Å². The summed E-state index contributed by atoms with van der Waals surface area (Å²) in [6.07, 6.45) is 4.09. The van der Waals surface area contributed by atoms with Crippen LogP contribution in [0.2, 0.25) is 0 Å². The number of aryl methyl sites for hydroxylation is 1. The van der Waals surface area contributed by atoms with Crippen LogP contribution in [0, 0.1) is 0 Å². The number of fused-ring (bicyclic) bond motifs is 1. The van der Waals surface area contributed by atoms with Gasteiger partial charge in [0.2, 0.25) is 0 Å². The number of hydrogen-bond donors (Lipinski definition) is 1. The molecule has 2 rings (SSSR count). The Labute approximate surface area is 94.4 Å². The lowest BCUT2D eigenvalue weighted by Gasteiger charge is -1.96. The van der Waals surface area contributed by atoms with Crippen LogP contribution in [0.3, 0.4) is 0 Å². The van der Waals surface area contributed by atoms with Crippen LogP contribution in [0.15, 0.2) is 36.7 Å². The molecule has 0 aliphatic carbocycles. The van der Waals surface area contributed by atoms with Gasteiger partial charge in [-0.1, -0.05) is 6.07 Å². The fraction of sp³-hybridized carbons (Fsp3) is 0.100. The maximum Gasteiger partial charge on any atom is 0.176 e. The predicted molar refractivity (Wildman–Crippen MR) is 49.5 cm³/mol. The Kier molecular flexibility index (Phi) is 3.08. The lowest BCUT2D eigenvalue weighted by molar-refractivity contribution is -0.670. The normalized spacial score (nSPS) is 9.62. The molecule has 1 aromatic carbocycles. The van der Waals surface area contributed by atoms with Crippen LogP contribution < -0.4 is 34.3 Å². The molecule has 2 aromatic rings. The predicted octanol–water partition coefficient (Wildman–Crippen LogP) is -1.75. The number of pyridine rings is 1. The average Bonchev–Trinajstić information content (AvgIpc) is 2.03. The fourth-order valence-corrected chi connectivity index (χ4v) is 1.32. The van der Waals surface area contributed by atoms with Crippen molar-refractivity contribution >= 4 is 16.5 Å². The number of benzene rings is 1. The van der Waals surface area contributed by atoms with Crippen molar-refractivity contribution < 1.29 is 28.5 Å². The highest BCUT2D eigenvalue weighted by Crippen LogP contribution is 2.14. The summed E-state index contributed by atoms with van der Waals surface area (Å²) in [6, 6.07) is 8.01. The molecule has 0 saturated heterocycles. The summed E-state index contributed by atoms with van der Waals surface area (Å²) in [5, 5.41) is 2.40. The molecule has 0 spiro atoms. The van der Waals surface area contributed by atoms with Crippen LogP contribution >= 0.6 is 0 Å². The largest absolute Gasteiger partial charge is 1.00 e. The zero-order valence-electron chi connectivity index (χ0n) is 7.37. The summed E-state index contributed by atoms with van der Waals surface area (Å²) in [6.45, 7) is 0. The van der Waals surface area contributed by atoms with Crippen molar-refractivity contribution in [3.05, 3.63) is 36.7 Å². The maximum absolute atomic E-state index is 5.66. The Morgan fingerprint density at radius 1 is 1.15 bits per heavy atom. The molecule has 68 valence electrons. The van der Waals surface area contributed by atoms with E-state index in [-0.39, 0.29) is 24.0 Å². The van der Waals surface area contributed by atoms with Gasteiger partial charge in [-0.05, 0) is 17.5 Å². The minimum Gasteiger partial charge on any atom is -1.00 e. The molecular weight excluding hydrogens is 275 g/mol. The summed E-state index contributed by atoms with van der Waals surface area (Å²) in [7, 11) is 2.00. The van der Waals surface area contributed by atoms with Crippen molar-refractivity contribution in [2.75, 3.05) is 5.73 Å². The van der Waals surface area contributed by atoms with E-state index in [1.807, 2.05) is 36.0 Å². The van der Waals surface area contributed by atoms with Crippen molar-refractivity contribution in [1.82, 2.24) is 0 Å². The Balaban J connectivity index is 0.000000845. The molecule has 1 aromatic heterocycles. The van der Waals surface area contributed by atoms with Gasteiger partial charge in [0.25, 0.3) is 0 Å². The molecule has 0 aliphatic rings. The van der Waals surface area contributed by atoms with E-state index >= 15 is 0 Å². The van der Waals surface area contributed by atoms with Gasteiger partial charge in [-0.15, -0.1) is 0 Å². The first-order valence-corrected chi connectivity index (χ1v) is 3.90. The lowest BCUT2D eigenvalue weighted by atomic mass is 10.1. The fourth-order valence-electron chi connectivity index (χ4n) is 1.32. The molecule has 0 bridgehead atoms. The zero-order chi connectivity index (χ0) is 8.55. The molecule has 3 heteroatoms. The molecule has 1 heterocycles. The summed E-state index contributed by atoms with van der Waals surface area (Å²) < 4.78 is 2.02. The van der Waals surface area contributed by atoms with E-state index in [0.29, 0.717) is 0 Å². The summed E-state index contributed by atoms with van der Waals surface area (Å²) in [5.74, 6) is 0. The van der Waals surface area contributed by atoms with Gasteiger partial charge in [0, 0.05) is 17.1 Å². The molecule has 0 saturated carbocycles. The second-order valence-electron chi connectivity index (χ2n) is 3.00. The van der Waals surface area contributed by atoms with Crippen molar-refractivity contribution in [2.45, 2.75) is 0 Å². The van der Waals surface area contributed by atoms with Crippen LogP contribution in [0.25, 0.3) is 10.8 Å². The van der Waals surface area contributed by atoms with Crippen molar-refractivity contribution in [3.63, 3.8) is 0 Å². The summed E-state index contributed by atoms with van der Waals surface area (Å²) in [4.78, 5) is 0. The molecule has 0 fully saturated rings. The second kappa shape index (κ2) is 3.91. The Morgan fingerprint density at radius 2 is 1.92 bits per heavy atom. The molecule has 0 atom stereocenters. The van der Waals surface area contributed by atoms with E-state index in [2.05, 4.69) is 12.3 Å². The third-order valence-electron chi connectivity index (χ3n) is 1.94. The monoisotopic (exact) mass is 286 g/mol. The van der Waals surface area contributed by atoms with E-state index in [4.69, 9.17) is 5.73 Å². The van der Waals surface area contributed by atoms with Crippen molar-refractivity contribution in [3.8, 4) is 0 Å². The first kappa shape index (κ1) is 10.2. The van der Waals surface area contributed by atoms with Crippen LogP contribution in [0.4, 0.5) is 5.69 Å². The number of halogens is 1. The summed E-state index contributed by atoms with van der Waals surface area (Å²) in [5.41, 5.74) is 6.48. The van der Waals surface area contributed by atoms with Crippen molar-refractivity contribution in [2.24, 2.45) is 7.05 Å². The highest BCUT2D eigenvalue weighted by atomic mass is 127. The number of nitrogens with zero attached hydrogens (tertiary/aromatic N) is 1. The SMILES string of the molecule is C[n+]1ccc2ccc(N)cc2c1.[I-]. The standard InChI is InChI=1S/C10H11N2.HI/c1-12-5-4-8-2-3-10(11)6-9(8)7-12;/h2-7H,11H2,1H3;1H/q+1;/p-1. The third kappa shape index (κ3) is 2.09. The number of nitrogen functional groups attached to an aromatic ring is 1. The maximum atomic E-state index is 5.66. The highest BCUT2D eigenvalue weighted by Gasteiger charge is 1.97. The van der Waals surface area contributed by atoms with Gasteiger partial charge in [0.1, 0.15) is 7.05 Å². The third-order valence-corrected chi connectivity index (χ3v) is 1.94. The zero-order valence-corrected chi connectivity index (χ0v) is 9.52. The molecule has 2 N–H and O–H groups in total. The van der Waals surface area contributed by atoms with Crippen LogP contribution in [-0.4, -0.2) is 0 Å². The molecular formula is C10H11IN2. The summed E-state index contributed by atoms with van der Waals surface area (Å²) >= 11 is 0. The number of anilines is 1. The second-order valence-corrected chi connectivity index (χ2v) is 3.00. The van der Waals surface area contributed by atoms with Gasteiger partial charge in [0.15, 0.2) is 12.4 Å². The van der Waals surface area contributed by atoms with E-state index in [1.54, 1.807) is 0 Å². The molecule has 2 nitrogen and oxygen atoms in total. The van der Waals surface area contributed by atoms with E-state index in [0.717, 1.165) is 5.69 Å². The Hall–Kier alpha value is -0.840. The van der Waals surface area contributed by atoms with E-state index in [9.17, 15) is 0 Å². The van der Waals surface area contributed by atoms with Gasteiger partial charge in [0.05, 0.1) is 0 Å². The molecule has 0 unspecified atom stereocenters.